The maximum atomic E-state index is 11.7. The van der Waals surface area contributed by atoms with E-state index in [-0.39, 0.29) is 5.60 Å². The number of carbonyl (C=O) groups is 1. The lowest BCUT2D eigenvalue weighted by atomic mass is 9.83. The molecule has 0 aromatic heterocycles. The first kappa shape index (κ1) is 11.7. The first-order valence-corrected chi connectivity index (χ1v) is 7.48. The number of rotatable bonds is 4. The molecule has 3 fully saturated rings. The van der Waals surface area contributed by atoms with Crippen molar-refractivity contribution in [3.8, 4) is 0 Å². The van der Waals surface area contributed by atoms with E-state index in [1.54, 1.807) is 0 Å². The number of Topliss-reactive ketones (excluding diaryl/α,β-unsaturated/α-hetero) is 1. The van der Waals surface area contributed by atoms with Crippen molar-refractivity contribution in [2.45, 2.75) is 82.3 Å². The molecule has 2 heteroatoms. The van der Waals surface area contributed by atoms with Crippen molar-refractivity contribution < 1.29 is 9.53 Å². The second kappa shape index (κ2) is 4.72. The molecule has 1 atom stereocenters. The third-order valence-corrected chi connectivity index (χ3v) is 4.85. The minimum atomic E-state index is 0.228. The van der Waals surface area contributed by atoms with E-state index in [0.717, 1.165) is 25.7 Å². The lowest BCUT2D eigenvalue weighted by molar-refractivity contribution is -0.121. The molecule has 0 aromatic carbocycles. The van der Waals surface area contributed by atoms with Gasteiger partial charge in [0, 0.05) is 12.3 Å². The molecule has 2 aliphatic carbocycles. The van der Waals surface area contributed by atoms with E-state index in [0.29, 0.717) is 17.8 Å². The highest BCUT2D eigenvalue weighted by Crippen LogP contribution is 2.43. The Morgan fingerprint density at radius 1 is 1.06 bits per heavy atom. The molecule has 1 unspecified atom stereocenters. The van der Waals surface area contributed by atoms with Crippen LogP contribution in [0.5, 0.6) is 0 Å². The predicted molar refractivity (Wildman–Crippen MR) is 66.9 cm³/mol. The van der Waals surface area contributed by atoms with Gasteiger partial charge in [-0.1, -0.05) is 19.3 Å². The zero-order chi connectivity index (χ0) is 11.7. The van der Waals surface area contributed by atoms with E-state index in [9.17, 15) is 4.79 Å². The summed E-state index contributed by atoms with van der Waals surface area (Å²) in [6, 6.07) is 0. The van der Waals surface area contributed by atoms with Gasteiger partial charge < -0.3 is 4.74 Å². The Kier molecular flexibility index (Phi) is 3.25. The van der Waals surface area contributed by atoms with Crippen LogP contribution in [-0.4, -0.2) is 17.5 Å². The maximum Gasteiger partial charge on any atom is 0.136 e. The summed E-state index contributed by atoms with van der Waals surface area (Å²) in [6.07, 6.45) is 13.5. The van der Waals surface area contributed by atoms with Crippen LogP contribution >= 0.6 is 0 Å². The smallest absolute Gasteiger partial charge is 0.136 e. The summed E-state index contributed by atoms with van der Waals surface area (Å²) in [5.41, 5.74) is 0.228. The Bertz CT molecular complexity index is 287. The van der Waals surface area contributed by atoms with Crippen LogP contribution < -0.4 is 0 Å². The fraction of sp³-hybridized carbons (Fsp3) is 0.933. The highest BCUT2D eigenvalue weighted by Gasteiger charge is 2.41. The molecule has 3 aliphatic rings. The molecule has 0 aromatic rings. The number of ether oxygens (including phenoxy) is 1. The molecule has 17 heavy (non-hydrogen) atoms. The van der Waals surface area contributed by atoms with Crippen LogP contribution in [0.4, 0.5) is 0 Å². The van der Waals surface area contributed by atoms with Crippen LogP contribution in [0.2, 0.25) is 0 Å². The molecule has 0 amide bonds. The van der Waals surface area contributed by atoms with Crippen molar-refractivity contribution in [1.29, 1.82) is 0 Å². The molecule has 3 rings (SSSR count). The largest absolute Gasteiger partial charge is 0.372 e. The number of hydrogen-bond acceptors (Lipinski definition) is 2. The summed E-state index contributed by atoms with van der Waals surface area (Å²) in [7, 11) is 0. The third kappa shape index (κ3) is 2.73. The van der Waals surface area contributed by atoms with E-state index in [2.05, 4.69) is 0 Å². The summed E-state index contributed by atoms with van der Waals surface area (Å²) < 4.78 is 6.29. The monoisotopic (exact) mass is 236 g/mol. The van der Waals surface area contributed by atoms with E-state index >= 15 is 0 Å². The van der Waals surface area contributed by atoms with Gasteiger partial charge in [0.05, 0.1) is 11.7 Å². The molecule has 0 N–H and O–H groups in total. The Morgan fingerprint density at radius 2 is 1.82 bits per heavy atom. The third-order valence-electron chi connectivity index (χ3n) is 4.85. The zero-order valence-electron chi connectivity index (χ0n) is 10.7. The first-order valence-electron chi connectivity index (χ1n) is 7.48. The molecule has 1 aliphatic heterocycles. The van der Waals surface area contributed by atoms with Crippen LogP contribution in [0.25, 0.3) is 0 Å². The lowest BCUT2D eigenvalue weighted by Crippen LogP contribution is -2.31. The van der Waals surface area contributed by atoms with Crippen LogP contribution in [0.15, 0.2) is 0 Å². The first-order chi connectivity index (χ1) is 8.27. The van der Waals surface area contributed by atoms with Gasteiger partial charge in [-0.15, -0.1) is 0 Å². The quantitative estimate of drug-likeness (QED) is 0.745. The standard InChI is InChI=1S/C15H24O2/c16-14(12-4-5-12)7-6-13-8-11-15(17-13)9-2-1-3-10-15/h12-13H,1-11H2. The molecular formula is C15H24O2. The molecule has 96 valence electrons. The average Bonchev–Trinajstić information content (AvgIpc) is 3.13. The topological polar surface area (TPSA) is 26.3 Å². The summed E-state index contributed by atoms with van der Waals surface area (Å²) in [6.45, 7) is 0. The molecule has 2 saturated carbocycles. The summed E-state index contributed by atoms with van der Waals surface area (Å²) in [4.78, 5) is 11.7. The second-order valence-corrected chi connectivity index (χ2v) is 6.30. The highest BCUT2D eigenvalue weighted by atomic mass is 16.5. The lowest BCUT2D eigenvalue weighted by Gasteiger charge is -2.33. The Labute approximate surface area is 104 Å². The van der Waals surface area contributed by atoms with E-state index < -0.39 is 0 Å². The van der Waals surface area contributed by atoms with Crippen LogP contribution in [0.1, 0.15) is 70.6 Å². The molecule has 0 radical (unpaired) electrons. The van der Waals surface area contributed by atoms with Gasteiger partial charge >= 0.3 is 0 Å². The van der Waals surface area contributed by atoms with E-state index in [1.165, 1.54) is 44.9 Å². The van der Waals surface area contributed by atoms with Crippen molar-refractivity contribution in [2.75, 3.05) is 0 Å². The normalized spacial score (nSPS) is 31.9. The summed E-state index contributed by atoms with van der Waals surface area (Å²) >= 11 is 0. The molecule has 2 nitrogen and oxygen atoms in total. The summed E-state index contributed by atoms with van der Waals surface area (Å²) in [5.74, 6) is 0.929. The van der Waals surface area contributed by atoms with Crippen molar-refractivity contribution in [3.05, 3.63) is 0 Å². The van der Waals surface area contributed by atoms with Crippen molar-refractivity contribution in [1.82, 2.24) is 0 Å². The Balaban J connectivity index is 1.44. The van der Waals surface area contributed by atoms with Gasteiger partial charge in [0.2, 0.25) is 0 Å². The minimum absolute atomic E-state index is 0.228. The SMILES string of the molecule is O=C(CCC1CCC2(CCCCC2)O1)C1CC1. The van der Waals surface area contributed by atoms with Gasteiger partial charge in [-0.2, -0.15) is 0 Å². The number of carbonyl (C=O) groups excluding carboxylic acids is 1. The molecule has 1 spiro atoms. The van der Waals surface area contributed by atoms with Gasteiger partial charge in [-0.25, -0.2) is 0 Å². The fourth-order valence-corrected chi connectivity index (χ4v) is 3.58. The minimum Gasteiger partial charge on any atom is -0.372 e. The van der Waals surface area contributed by atoms with Crippen molar-refractivity contribution in [2.24, 2.45) is 5.92 Å². The fourth-order valence-electron chi connectivity index (χ4n) is 3.58. The predicted octanol–water partition coefficient (Wildman–Crippen LogP) is 3.63. The molecule has 1 saturated heterocycles. The maximum absolute atomic E-state index is 11.7. The van der Waals surface area contributed by atoms with Gasteiger partial charge in [-0.3, -0.25) is 4.79 Å². The molecular weight excluding hydrogens is 212 g/mol. The summed E-state index contributed by atoms with van der Waals surface area (Å²) in [5, 5.41) is 0. The zero-order valence-corrected chi connectivity index (χ0v) is 10.7. The molecule has 0 bridgehead atoms. The van der Waals surface area contributed by atoms with Gasteiger partial charge in [0.1, 0.15) is 5.78 Å². The van der Waals surface area contributed by atoms with Gasteiger partial charge in [0.25, 0.3) is 0 Å². The number of hydrogen-bond donors (Lipinski definition) is 0. The van der Waals surface area contributed by atoms with Gasteiger partial charge in [-0.05, 0) is 44.9 Å². The van der Waals surface area contributed by atoms with E-state index in [4.69, 9.17) is 4.74 Å². The van der Waals surface area contributed by atoms with Crippen LogP contribution in [-0.2, 0) is 9.53 Å². The Hall–Kier alpha value is -0.370. The van der Waals surface area contributed by atoms with Crippen LogP contribution in [0.3, 0.4) is 0 Å². The second-order valence-electron chi connectivity index (χ2n) is 6.30. The van der Waals surface area contributed by atoms with E-state index in [1.807, 2.05) is 0 Å². The highest BCUT2D eigenvalue weighted by molar-refractivity contribution is 5.83. The number of ketones is 1. The van der Waals surface area contributed by atoms with Crippen LogP contribution in [0, 0.1) is 5.92 Å². The van der Waals surface area contributed by atoms with Crippen molar-refractivity contribution in [3.63, 3.8) is 0 Å². The van der Waals surface area contributed by atoms with Crippen molar-refractivity contribution >= 4 is 5.78 Å². The average molecular weight is 236 g/mol. The molecule has 1 heterocycles. The van der Waals surface area contributed by atoms with Gasteiger partial charge in [0.15, 0.2) is 0 Å². The Morgan fingerprint density at radius 3 is 2.53 bits per heavy atom.